The average Bonchev–Trinajstić information content (AvgIpc) is 2.55. The molecule has 0 aliphatic rings. The van der Waals surface area contributed by atoms with E-state index in [4.69, 9.17) is 0 Å². The van der Waals surface area contributed by atoms with Crippen LogP contribution < -0.4 is 0 Å². The van der Waals surface area contributed by atoms with Gasteiger partial charge in [0.15, 0.2) is 11.6 Å². The lowest BCUT2D eigenvalue weighted by Crippen LogP contribution is -2.16. The first-order valence-corrected chi connectivity index (χ1v) is 12.5. The normalized spacial score (nSPS) is 10.2. The van der Waals surface area contributed by atoms with Crippen molar-refractivity contribution in [2.45, 2.75) is 33.5 Å². The molecule has 0 aromatic heterocycles. The van der Waals surface area contributed by atoms with E-state index in [1.807, 2.05) is 0 Å². The lowest BCUT2D eigenvalue weighted by Gasteiger charge is -2.04. The topological polar surface area (TPSA) is 34.1 Å². The van der Waals surface area contributed by atoms with Crippen LogP contribution in [0.3, 0.4) is 0 Å². The minimum absolute atomic E-state index is 0.113. The van der Waals surface area contributed by atoms with E-state index < -0.39 is 19.7 Å². The fourth-order valence-electron chi connectivity index (χ4n) is 1.93. The van der Waals surface area contributed by atoms with E-state index in [1.54, 1.807) is 24.3 Å². The molecule has 0 heterocycles. The molecule has 0 N–H and O–H groups in total. The van der Waals surface area contributed by atoms with Crippen molar-refractivity contribution in [3.05, 3.63) is 69.2 Å². The smallest absolute Gasteiger partial charge is 0.162 e. The van der Waals surface area contributed by atoms with Crippen LogP contribution in [0.15, 0.2) is 40.9 Å². The molecule has 27 heavy (non-hydrogen) atoms. The first kappa shape index (κ1) is 22.9. The molecule has 0 fully saturated rings. The van der Waals surface area contributed by atoms with Gasteiger partial charge in [0.25, 0.3) is 0 Å². The van der Waals surface area contributed by atoms with Crippen LogP contribution in [0.5, 0.6) is 0 Å². The van der Waals surface area contributed by atoms with E-state index in [0.717, 1.165) is 0 Å². The van der Waals surface area contributed by atoms with Crippen molar-refractivity contribution in [3.8, 4) is 11.5 Å². The van der Waals surface area contributed by atoms with Crippen LogP contribution >= 0.6 is 15.9 Å². The number of hydrogen-bond acceptors (Lipinski definition) is 2. The van der Waals surface area contributed by atoms with Gasteiger partial charge in [-0.05, 0) is 54.0 Å². The highest BCUT2D eigenvalue weighted by Gasteiger charge is 2.12. The molecule has 0 amide bonds. The van der Waals surface area contributed by atoms with Gasteiger partial charge in [-0.1, -0.05) is 37.7 Å². The highest BCUT2D eigenvalue weighted by molar-refractivity contribution is 9.10. The summed E-state index contributed by atoms with van der Waals surface area (Å²) in [7, 11) is -1.52. The maximum atomic E-state index is 13.8. The largest absolute Gasteiger partial charge is 0.294 e. The first-order chi connectivity index (χ1) is 12.4. The van der Waals surface area contributed by atoms with Gasteiger partial charge in [-0.15, -0.1) is 5.54 Å². The monoisotopic (exact) mass is 450 g/mol. The summed E-state index contributed by atoms with van der Waals surface area (Å²) in [6.07, 6.45) is 0. The zero-order chi connectivity index (χ0) is 20.8. The highest BCUT2D eigenvalue weighted by Crippen LogP contribution is 2.18. The molecule has 2 nitrogen and oxygen atoms in total. The van der Waals surface area contributed by atoms with Crippen molar-refractivity contribution < 1.29 is 18.4 Å². The van der Waals surface area contributed by atoms with E-state index in [0.29, 0.717) is 10.0 Å². The summed E-state index contributed by atoms with van der Waals surface area (Å²) in [5.41, 5.74) is 3.64. The van der Waals surface area contributed by atoms with Crippen LogP contribution in [0.25, 0.3) is 0 Å². The van der Waals surface area contributed by atoms with Gasteiger partial charge >= 0.3 is 0 Å². The molecule has 0 bridgehead atoms. The third kappa shape index (κ3) is 7.20. The molecule has 0 spiro atoms. The van der Waals surface area contributed by atoms with Gasteiger partial charge in [0.05, 0.1) is 21.2 Å². The van der Waals surface area contributed by atoms with Crippen LogP contribution in [-0.4, -0.2) is 19.6 Å². The third-order valence-corrected chi connectivity index (χ3v) is 4.77. The van der Waals surface area contributed by atoms with Gasteiger partial charge in [0.1, 0.15) is 19.7 Å². The van der Waals surface area contributed by atoms with Gasteiger partial charge in [0.2, 0.25) is 0 Å². The van der Waals surface area contributed by atoms with Crippen LogP contribution in [0.4, 0.5) is 8.78 Å². The van der Waals surface area contributed by atoms with Crippen molar-refractivity contribution in [2.75, 3.05) is 0 Å². The van der Waals surface area contributed by atoms with Crippen molar-refractivity contribution in [3.63, 3.8) is 0 Å². The quantitative estimate of drug-likeness (QED) is 0.317. The van der Waals surface area contributed by atoms with Gasteiger partial charge in [-0.2, -0.15) is 0 Å². The molecule has 0 saturated heterocycles. The molecule has 2 rings (SSSR count). The third-order valence-electron chi connectivity index (χ3n) is 3.28. The summed E-state index contributed by atoms with van der Waals surface area (Å²) in [6.45, 7) is 8.96. The zero-order valence-electron chi connectivity index (χ0n) is 15.9. The average molecular weight is 451 g/mol. The maximum Gasteiger partial charge on any atom is 0.162 e. The SMILES string of the molecule is CC(=O)c1cccc(Br)c1F.CC(=O)c1cccc(C#C[Si](C)(C)C)c1F. The van der Waals surface area contributed by atoms with Crippen LogP contribution in [0, 0.1) is 23.1 Å². The summed E-state index contributed by atoms with van der Waals surface area (Å²) in [6, 6.07) is 9.40. The van der Waals surface area contributed by atoms with E-state index in [9.17, 15) is 18.4 Å². The summed E-state index contributed by atoms with van der Waals surface area (Å²) >= 11 is 2.99. The number of hydrogen-bond donors (Lipinski definition) is 0. The lowest BCUT2D eigenvalue weighted by molar-refractivity contribution is 0.100. The van der Waals surface area contributed by atoms with Crippen LogP contribution in [0.1, 0.15) is 40.1 Å². The van der Waals surface area contributed by atoms with Crippen molar-refractivity contribution in [2.24, 2.45) is 0 Å². The Morgan fingerprint density at radius 3 is 1.81 bits per heavy atom. The second-order valence-electron chi connectivity index (χ2n) is 6.88. The number of rotatable bonds is 2. The Morgan fingerprint density at radius 1 is 0.889 bits per heavy atom. The van der Waals surface area contributed by atoms with Gasteiger partial charge in [-0.25, -0.2) is 8.78 Å². The summed E-state index contributed by atoms with van der Waals surface area (Å²) in [5.74, 6) is 1.32. The zero-order valence-corrected chi connectivity index (χ0v) is 18.5. The van der Waals surface area contributed by atoms with Crippen molar-refractivity contribution >= 4 is 35.6 Å². The van der Waals surface area contributed by atoms with Gasteiger partial charge in [0, 0.05) is 0 Å². The Balaban J connectivity index is 0.000000289. The van der Waals surface area contributed by atoms with Crippen LogP contribution in [0.2, 0.25) is 19.6 Å². The minimum atomic E-state index is -1.52. The van der Waals surface area contributed by atoms with Gasteiger partial charge in [-0.3, -0.25) is 9.59 Å². The fourth-order valence-corrected chi connectivity index (χ4v) is 2.81. The Hall–Kier alpha value is -2.10. The molecule has 0 atom stereocenters. The Morgan fingerprint density at radius 2 is 1.37 bits per heavy atom. The van der Waals surface area contributed by atoms with Crippen molar-refractivity contribution in [1.82, 2.24) is 0 Å². The predicted octanol–water partition coefficient (Wildman–Crippen LogP) is 6.05. The van der Waals surface area contributed by atoms with Gasteiger partial charge < -0.3 is 0 Å². The summed E-state index contributed by atoms with van der Waals surface area (Å²) < 4.78 is 27.1. The second kappa shape index (κ2) is 9.72. The number of halogens is 3. The molecule has 2 aromatic rings. The number of Topliss-reactive ketones (excluding diaryl/α,β-unsaturated/α-hetero) is 2. The lowest BCUT2D eigenvalue weighted by atomic mass is 10.1. The first-order valence-electron chi connectivity index (χ1n) is 8.21. The van der Waals surface area contributed by atoms with E-state index in [2.05, 4.69) is 47.0 Å². The molecule has 0 aliphatic carbocycles. The second-order valence-corrected chi connectivity index (χ2v) is 12.5. The number of ketones is 2. The molecular weight excluding hydrogens is 430 g/mol. The van der Waals surface area contributed by atoms with E-state index in [-0.39, 0.29) is 22.7 Å². The standard InChI is InChI=1S/C13H15FOSi.C8H6BrFO/c1-10(15)12-7-5-6-11(13(12)14)8-9-16(2,3)4;1-5(11)6-3-2-4-7(9)8(6)10/h5-7H,1-4H3;2-4H,1H3. The molecular formula is C21H21BrF2O2Si. The van der Waals surface area contributed by atoms with Crippen molar-refractivity contribution in [1.29, 1.82) is 0 Å². The van der Waals surface area contributed by atoms with E-state index >= 15 is 0 Å². The molecule has 0 aliphatic heterocycles. The summed E-state index contributed by atoms with van der Waals surface area (Å²) in [4.78, 5) is 21.9. The number of carbonyl (C=O) groups excluding carboxylic acids is 2. The predicted molar refractivity (Wildman–Crippen MR) is 111 cm³/mol. The molecule has 142 valence electrons. The fraction of sp³-hybridized carbons (Fsp3) is 0.238. The highest BCUT2D eigenvalue weighted by atomic mass is 79.9. The molecule has 0 saturated carbocycles. The van der Waals surface area contributed by atoms with E-state index in [1.165, 1.54) is 26.0 Å². The van der Waals surface area contributed by atoms with Crippen LogP contribution in [-0.2, 0) is 0 Å². The minimum Gasteiger partial charge on any atom is -0.294 e. The number of benzene rings is 2. The summed E-state index contributed by atoms with van der Waals surface area (Å²) in [5, 5.41) is 0. The Kier molecular flexibility index (Phi) is 8.26. The number of carbonyl (C=O) groups is 2. The Bertz CT molecular complexity index is 922. The molecule has 0 radical (unpaired) electrons. The molecule has 2 aromatic carbocycles. The molecule has 0 unspecified atom stereocenters. The maximum absolute atomic E-state index is 13.8. The Labute approximate surface area is 168 Å². The molecule has 6 heteroatoms.